The van der Waals surface area contributed by atoms with Gasteiger partial charge in [-0.3, -0.25) is 0 Å². The van der Waals surface area contributed by atoms with Crippen LogP contribution in [0.1, 0.15) is 45.4 Å². The lowest BCUT2D eigenvalue weighted by molar-refractivity contribution is 0.00347. The van der Waals surface area contributed by atoms with Crippen LogP contribution >= 0.6 is 0 Å². The van der Waals surface area contributed by atoms with Crippen LogP contribution in [-0.4, -0.2) is 30.5 Å². The average molecular weight is 215 g/mol. The SMILES string of the molecule is CCC1CCCC(OCC(N)CCO)C1. The highest BCUT2D eigenvalue weighted by Gasteiger charge is 2.21. The molecule has 1 aliphatic rings. The van der Waals surface area contributed by atoms with E-state index in [9.17, 15) is 0 Å². The first kappa shape index (κ1) is 12.9. The van der Waals surface area contributed by atoms with Gasteiger partial charge < -0.3 is 15.6 Å². The molecular formula is C12H25NO2. The van der Waals surface area contributed by atoms with Crippen molar-refractivity contribution in [3.05, 3.63) is 0 Å². The Morgan fingerprint density at radius 1 is 1.47 bits per heavy atom. The van der Waals surface area contributed by atoms with Gasteiger partial charge in [-0.2, -0.15) is 0 Å². The Labute approximate surface area is 93.0 Å². The van der Waals surface area contributed by atoms with Crippen molar-refractivity contribution >= 4 is 0 Å². The van der Waals surface area contributed by atoms with Crippen molar-refractivity contribution in [1.82, 2.24) is 0 Å². The van der Waals surface area contributed by atoms with E-state index in [1.165, 1.54) is 32.1 Å². The Bertz CT molecular complexity index is 164. The Kier molecular flexibility index (Phi) is 6.22. The summed E-state index contributed by atoms with van der Waals surface area (Å²) in [7, 11) is 0. The molecule has 0 spiro atoms. The van der Waals surface area contributed by atoms with Crippen molar-refractivity contribution in [3.63, 3.8) is 0 Å². The molecule has 1 rings (SSSR count). The summed E-state index contributed by atoms with van der Waals surface area (Å²) in [6, 6.07) is -0.00277. The Morgan fingerprint density at radius 2 is 2.27 bits per heavy atom. The van der Waals surface area contributed by atoms with Gasteiger partial charge in [0.25, 0.3) is 0 Å². The lowest BCUT2D eigenvalue weighted by Crippen LogP contribution is -2.32. The van der Waals surface area contributed by atoms with Crippen molar-refractivity contribution in [1.29, 1.82) is 0 Å². The van der Waals surface area contributed by atoms with Crippen molar-refractivity contribution in [3.8, 4) is 0 Å². The summed E-state index contributed by atoms with van der Waals surface area (Å²) < 4.78 is 5.79. The third-order valence-corrected chi connectivity index (χ3v) is 3.36. The van der Waals surface area contributed by atoms with Gasteiger partial charge in [-0.15, -0.1) is 0 Å². The van der Waals surface area contributed by atoms with Crippen molar-refractivity contribution in [2.45, 2.75) is 57.6 Å². The van der Waals surface area contributed by atoms with Crippen LogP contribution in [0.2, 0.25) is 0 Å². The Balaban J connectivity index is 2.14. The Morgan fingerprint density at radius 3 is 2.93 bits per heavy atom. The first-order valence-corrected chi connectivity index (χ1v) is 6.24. The molecule has 0 saturated heterocycles. The molecule has 0 aromatic carbocycles. The number of hydrogen-bond acceptors (Lipinski definition) is 3. The van der Waals surface area contributed by atoms with Gasteiger partial charge in [-0.25, -0.2) is 0 Å². The van der Waals surface area contributed by atoms with E-state index in [0.717, 1.165) is 5.92 Å². The average Bonchev–Trinajstić information content (AvgIpc) is 2.27. The van der Waals surface area contributed by atoms with Crippen LogP contribution in [0.3, 0.4) is 0 Å². The van der Waals surface area contributed by atoms with E-state index >= 15 is 0 Å². The fourth-order valence-corrected chi connectivity index (χ4v) is 2.27. The molecule has 0 radical (unpaired) electrons. The van der Waals surface area contributed by atoms with Crippen LogP contribution in [0.25, 0.3) is 0 Å². The number of hydrogen-bond donors (Lipinski definition) is 2. The van der Waals surface area contributed by atoms with E-state index < -0.39 is 0 Å². The van der Waals surface area contributed by atoms with E-state index in [1.54, 1.807) is 0 Å². The summed E-state index contributed by atoms with van der Waals surface area (Å²) in [6.07, 6.45) is 7.35. The molecule has 0 bridgehead atoms. The smallest absolute Gasteiger partial charge is 0.0622 e. The number of aliphatic hydroxyl groups is 1. The molecule has 1 fully saturated rings. The summed E-state index contributed by atoms with van der Waals surface area (Å²) in [5.74, 6) is 0.845. The van der Waals surface area contributed by atoms with Gasteiger partial charge in [-0.1, -0.05) is 26.2 Å². The van der Waals surface area contributed by atoms with Gasteiger partial charge in [-0.05, 0) is 25.2 Å². The number of rotatable bonds is 6. The summed E-state index contributed by atoms with van der Waals surface area (Å²) in [5.41, 5.74) is 5.78. The van der Waals surface area contributed by atoms with Crippen LogP contribution in [-0.2, 0) is 4.74 Å². The summed E-state index contributed by atoms with van der Waals surface area (Å²) in [6.45, 7) is 3.01. The van der Waals surface area contributed by atoms with Crippen LogP contribution in [0.4, 0.5) is 0 Å². The second-order valence-electron chi connectivity index (χ2n) is 4.67. The van der Waals surface area contributed by atoms with Crippen molar-refractivity contribution in [2.75, 3.05) is 13.2 Å². The van der Waals surface area contributed by atoms with E-state index in [0.29, 0.717) is 19.1 Å². The Hall–Kier alpha value is -0.120. The molecule has 0 aliphatic heterocycles. The van der Waals surface area contributed by atoms with E-state index in [4.69, 9.17) is 15.6 Å². The van der Waals surface area contributed by atoms with Crippen LogP contribution in [0.15, 0.2) is 0 Å². The highest BCUT2D eigenvalue weighted by molar-refractivity contribution is 4.73. The molecule has 0 aromatic heterocycles. The molecule has 3 heteroatoms. The molecule has 3 N–H and O–H groups in total. The number of nitrogens with two attached hydrogens (primary N) is 1. The maximum atomic E-state index is 8.72. The zero-order chi connectivity index (χ0) is 11.1. The predicted octanol–water partition coefficient (Wildman–Crippen LogP) is 1.68. The first-order valence-electron chi connectivity index (χ1n) is 6.24. The summed E-state index contributed by atoms with van der Waals surface area (Å²) in [4.78, 5) is 0. The topological polar surface area (TPSA) is 55.5 Å². The number of aliphatic hydroxyl groups excluding tert-OH is 1. The van der Waals surface area contributed by atoms with Gasteiger partial charge >= 0.3 is 0 Å². The van der Waals surface area contributed by atoms with Gasteiger partial charge in [0.2, 0.25) is 0 Å². The summed E-state index contributed by atoms with van der Waals surface area (Å²) >= 11 is 0. The van der Waals surface area contributed by atoms with E-state index in [-0.39, 0.29) is 12.6 Å². The van der Waals surface area contributed by atoms with Gasteiger partial charge in [0.15, 0.2) is 0 Å². The van der Waals surface area contributed by atoms with Gasteiger partial charge in [0.1, 0.15) is 0 Å². The van der Waals surface area contributed by atoms with Gasteiger partial charge in [0.05, 0.1) is 12.7 Å². The maximum absolute atomic E-state index is 8.72. The fraction of sp³-hybridized carbons (Fsp3) is 1.00. The fourth-order valence-electron chi connectivity index (χ4n) is 2.27. The minimum atomic E-state index is -0.00277. The monoisotopic (exact) mass is 215 g/mol. The summed E-state index contributed by atoms with van der Waals surface area (Å²) in [5, 5.41) is 8.72. The molecule has 3 unspecified atom stereocenters. The van der Waals surface area contributed by atoms with Crippen molar-refractivity contribution < 1.29 is 9.84 Å². The molecule has 0 amide bonds. The molecule has 1 saturated carbocycles. The normalized spacial score (nSPS) is 29.0. The second-order valence-corrected chi connectivity index (χ2v) is 4.67. The van der Waals surface area contributed by atoms with E-state index in [1.807, 2.05) is 0 Å². The molecule has 3 atom stereocenters. The highest BCUT2D eigenvalue weighted by Crippen LogP contribution is 2.28. The highest BCUT2D eigenvalue weighted by atomic mass is 16.5. The van der Waals surface area contributed by atoms with Crippen LogP contribution in [0.5, 0.6) is 0 Å². The van der Waals surface area contributed by atoms with Crippen LogP contribution < -0.4 is 5.73 Å². The minimum Gasteiger partial charge on any atom is -0.396 e. The lowest BCUT2D eigenvalue weighted by atomic mass is 9.85. The first-order chi connectivity index (χ1) is 7.26. The van der Waals surface area contributed by atoms with Gasteiger partial charge in [0, 0.05) is 12.6 Å². The largest absolute Gasteiger partial charge is 0.396 e. The van der Waals surface area contributed by atoms with Crippen molar-refractivity contribution in [2.24, 2.45) is 11.7 Å². The molecule has 0 aromatic rings. The second kappa shape index (κ2) is 7.20. The lowest BCUT2D eigenvalue weighted by Gasteiger charge is -2.29. The molecule has 1 aliphatic carbocycles. The number of ether oxygens (including phenoxy) is 1. The quantitative estimate of drug-likeness (QED) is 0.709. The maximum Gasteiger partial charge on any atom is 0.0622 e. The third kappa shape index (κ3) is 4.96. The molecular weight excluding hydrogens is 190 g/mol. The molecule has 15 heavy (non-hydrogen) atoms. The minimum absolute atomic E-state index is 0.00277. The third-order valence-electron chi connectivity index (χ3n) is 3.36. The molecule has 0 heterocycles. The van der Waals surface area contributed by atoms with Crippen LogP contribution in [0, 0.1) is 5.92 Å². The standard InChI is InChI=1S/C12H25NO2/c1-2-10-4-3-5-12(8-10)15-9-11(13)6-7-14/h10-12,14H,2-9,13H2,1H3. The predicted molar refractivity (Wildman–Crippen MR) is 61.7 cm³/mol. The molecule has 3 nitrogen and oxygen atoms in total. The zero-order valence-corrected chi connectivity index (χ0v) is 9.82. The van der Waals surface area contributed by atoms with E-state index in [2.05, 4.69) is 6.92 Å². The zero-order valence-electron chi connectivity index (χ0n) is 9.82. The molecule has 90 valence electrons.